The average molecular weight is 334 g/mol. The fourth-order valence-corrected chi connectivity index (χ4v) is 2.75. The lowest BCUT2D eigenvalue weighted by Crippen LogP contribution is -2.32. The fraction of sp³-hybridized carbons (Fsp3) is 0.312. The average Bonchev–Trinajstić information content (AvgIpc) is 3.17. The van der Waals surface area contributed by atoms with E-state index in [0.717, 1.165) is 28.4 Å². The van der Waals surface area contributed by atoms with Crippen LogP contribution in [0.15, 0.2) is 45.5 Å². The second kappa shape index (κ2) is 5.44. The Hall–Kier alpha value is -1.55. The maximum Gasteiger partial charge on any atom is 0.290 e. The summed E-state index contributed by atoms with van der Waals surface area (Å²) >= 11 is 3.47. The third-order valence-electron chi connectivity index (χ3n) is 3.55. The van der Waals surface area contributed by atoms with Crippen molar-refractivity contribution in [3.8, 4) is 0 Å². The van der Waals surface area contributed by atoms with Crippen LogP contribution in [-0.4, -0.2) is 16.8 Å². The second-order valence-corrected chi connectivity index (χ2v) is 6.14. The van der Waals surface area contributed by atoms with E-state index >= 15 is 0 Å². The molecule has 0 spiro atoms. The number of nitrogens with zero attached hydrogens (tertiary/aromatic N) is 1. The molecule has 0 saturated heterocycles. The predicted octanol–water partition coefficient (Wildman–Crippen LogP) is 4.16. The summed E-state index contributed by atoms with van der Waals surface area (Å²) in [5.41, 5.74) is 2.03. The molecule has 1 aliphatic rings. The molecule has 3 nitrogen and oxygen atoms in total. The molecule has 4 heteroatoms. The molecule has 3 rings (SSSR count). The van der Waals surface area contributed by atoms with Gasteiger partial charge in [0.25, 0.3) is 5.91 Å². The van der Waals surface area contributed by atoms with E-state index in [-0.39, 0.29) is 5.91 Å². The van der Waals surface area contributed by atoms with Gasteiger partial charge in [-0.3, -0.25) is 4.79 Å². The summed E-state index contributed by atoms with van der Waals surface area (Å²) in [5, 5.41) is 0. The summed E-state index contributed by atoms with van der Waals surface area (Å²) in [4.78, 5) is 14.5. The smallest absolute Gasteiger partial charge is 0.290 e. The Morgan fingerprint density at radius 2 is 2.20 bits per heavy atom. The molecule has 0 N–H and O–H groups in total. The Kier molecular flexibility index (Phi) is 3.66. The number of halogens is 1. The van der Waals surface area contributed by atoms with Crippen molar-refractivity contribution >= 4 is 21.8 Å². The summed E-state index contributed by atoms with van der Waals surface area (Å²) in [6.07, 6.45) is 3.74. The van der Waals surface area contributed by atoms with Crippen LogP contribution in [0.1, 0.15) is 34.5 Å². The highest BCUT2D eigenvalue weighted by molar-refractivity contribution is 9.10. The molecule has 1 aromatic carbocycles. The molecule has 2 aromatic rings. The summed E-state index contributed by atoms with van der Waals surface area (Å²) in [6.45, 7) is 2.53. The molecule has 0 atom stereocenters. The Morgan fingerprint density at radius 3 is 2.80 bits per heavy atom. The molecular weight excluding hydrogens is 318 g/mol. The summed E-state index contributed by atoms with van der Waals surface area (Å²) in [7, 11) is 0. The van der Waals surface area contributed by atoms with E-state index in [1.165, 1.54) is 0 Å². The maximum atomic E-state index is 12.6. The number of aryl methyl sites for hydroxylation is 1. The van der Waals surface area contributed by atoms with Gasteiger partial charge in [0.1, 0.15) is 0 Å². The molecule has 0 aliphatic heterocycles. The monoisotopic (exact) mass is 333 g/mol. The second-order valence-electron chi connectivity index (χ2n) is 5.23. The first-order valence-electron chi connectivity index (χ1n) is 6.74. The number of carbonyl (C=O) groups excluding carboxylic acids is 1. The molecule has 1 aromatic heterocycles. The summed E-state index contributed by atoms with van der Waals surface area (Å²) < 4.78 is 6.38. The van der Waals surface area contributed by atoms with Gasteiger partial charge in [0.15, 0.2) is 5.76 Å². The number of amides is 1. The standard InChI is InChI=1S/C16H16BrNO2/c1-11-7-8-20-15(11)16(19)18(14-5-6-14)10-12-3-2-4-13(17)9-12/h2-4,7-9,14H,5-6,10H2,1H3. The Balaban J connectivity index is 1.83. The van der Waals surface area contributed by atoms with Crippen LogP contribution in [0.2, 0.25) is 0 Å². The molecule has 1 saturated carbocycles. The van der Waals surface area contributed by atoms with Crippen molar-refractivity contribution in [3.63, 3.8) is 0 Å². The quantitative estimate of drug-likeness (QED) is 0.841. The number of hydrogen-bond acceptors (Lipinski definition) is 2. The third-order valence-corrected chi connectivity index (χ3v) is 4.04. The molecule has 0 radical (unpaired) electrons. The van der Waals surface area contributed by atoms with Crippen LogP contribution in [0.3, 0.4) is 0 Å². The van der Waals surface area contributed by atoms with Crippen molar-refractivity contribution < 1.29 is 9.21 Å². The number of rotatable bonds is 4. The third kappa shape index (κ3) is 2.80. The van der Waals surface area contributed by atoms with E-state index in [4.69, 9.17) is 4.42 Å². The maximum absolute atomic E-state index is 12.6. The van der Waals surface area contributed by atoms with Crippen molar-refractivity contribution in [1.82, 2.24) is 4.90 Å². The highest BCUT2D eigenvalue weighted by Crippen LogP contribution is 2.30. The molecule has 0 unspecified atom stereocenters. The largest absolute Gasteiger partial charge is 0.459 e. The molecule has 1 amide bonds. The molecule has 0 bridgehead atoms. The van der Waals surface area contributed by atoms with Gasteiger partial charge >= 0.3 is 0 Å². The van der Waals surface area contributed by atoms with Crippen LogP contribution in [-0.2, 0) is 6.54 Å². The van der Waals surface area contributed by atoms with Crippen LogP contribution >= 0.6 is 15.9 Å². The summed E-state index contributed by atoms with van der Waals surface area (Å²) in [5.74, 6) is 0.460. The molecular formula is C16H16BrNO2. The van der Waals surface area contributed by atoms with Gasteiger partial charge in [0.2, 0.25) is 0 Å². The van der Waals surface area contributed by atoms with Crippen LogP contribution in [0.4, 0.5) is 0 Å². The minimum absolute atomic E-state index is 0.00465. The van der Waals surface area contributed by atoms with Gasteiger partial charge in [-0.1, -0.05) is 28.1 Å². The first-order chi connectivity index (χ1) is 9.65. The van der Waals surface area contributed by atoms with Crippen LogP contribution < -0.4 is 0 Å². The number of furan rings is 1. The number of carbonyl (C=O) groups is 1. The topological polar surface area (TPSA) is 33.5 Å². The highest BCUT2D eigenvalue weighted by atomic mass is 79.9. The van der Waals surface area contributed by atoms with E-state index in [1.54, 1.807) is 6.26 Å². The Morgan fingerprint density at radius 1 is 1.40 bits per heavy atom. The van der Waals surface area contributed by atoms with Gasteiger partial charge < -0.3 is 9.32 Å². The van der Waals surface area contributed by atoms with E-state index in [0.29, 0.717) is 18.3 Å². The molecule has 1 heterocycles. The van der Waals surface area contributed by atoms with Gasteiger partial charge in [-0.15, -0.1) is 0 Å². The van der Waals surface area contributed by atoms with Crippen molar-refractivity contribution in [2.45, 2.75) is 32.4 Å². The zero-order valence-corrected chi connectivity index (χ0v) is 12.9. The van der Waals surface area contributed by atoms with Crippen LogP contribution in [0.25, 0.3) is 0 Å². The van der Waals surface area contributed by atoms with Gasteiger partial charge in [0, 0.05) is 22.6 Å². The van der Waals surface area contributed by atoms with Gasteiger partial charge in [-0.05, 0) is 43.5 Å². The van der Waals surface area contributed by atoms with Gasteiger partial charge in [-0.2, -0.15) is 0 Å². The van der Waals surface area contributed by atoms with Crippen LogP contribution in [0, 0.1) is 6.92 Å². The lowest BCUT2D eigenvalue weighted by Gasteiger charge is -2.22. The van der Waals surface area contributed by atoms with Crippen LogP contribution in [0.5, 0.6) is 0 Å². The predicted molar refractivity (Wildman–Crippen MR) is 80.5 cm³/mol. The molecule has 104 valence electrons. The van der Waals surface area contributed by atoms with Crippen molar-refractivity contribution in [1.29, 1.82) is 0 Å². The number of hydrogen-bond donors (Lipinski definition) is 0. The zero-order valence-electron chi connectivity index (χ0n) is 11.3. The van der Waals surface area contributed by atoms with E-state index in [9.17, 15) is 4.79 Å². The van der Waals surface area contributed by atoms with Gasteiger partial charge in [0.05, 0.1) is 6.26 Å². The molecule has 1 aliphatic carbocycles. The normalized spacial score (nSPS) is 14.3. The molecule has 20 heavy (non-hydrogen) atoms. The van der Waals surface area contributed by atoms with E-state index in [1.807, 2.05) is 36.1 Å². The van der Waals surface area contributed by atoms with E-state index in [2.05, 4.69) is 22.0 Å². The highest BCUT2D eigenvalue weighted by Gasteiger charge is 2.34. The fourth-order valence-electron chi connectivity index (χ4n) is 2.31. The SMILES string of the molecule is Cc1ccoc1C(=O)N(Cc1cccc(Br)c1)C1CC1. The number of benzene rings is 1. The first-order valence-corrected chi connectivity index (χ1v) is 7.54. The van der Waals surface area contributed by atoms with Gasteiger partial charge in [-0.25, -0.2) is 0 Å². The minimum atomic E-state index is -0.00465. The van der Waals surface area contributed by atoms with Crippen molar-refractivity contribution in [3.05, 3.63) is 58.0 Å². The minimum Gasteiger partial charge on any atom is -0.459 e. The molecule has 1 fully saturated rings. The lowest BCUT2D eigenvalue weighted by molar-refractivity contribution is 0.0696. The first kappa shape index (κ1) is 13.4. The Labute approximate surface area is 126 Å². The van der Waals surface area contributed by atoms with Crippen molar-refractivity contribution in [2.75, 3.05) is 0 Å². The Bertz CT molecular complexity index is 631. The van der Waals surface area contributed by atoms with E-state index < -0.39 is 0 Å². The summed E-state index contributed by atoms with van der Waals surface area (Å²) in [6, 6.07) is 10.3. The van der Waals surface area contributed by atoms with Crippen molar-refractivity contribution in [2.24, 2.45) is 0 Å². The zero-order chi connectivity index (χ0) is 14.1. The lowest BCUT2D eigenvalue weighted by atomic mass is 10.2.